The second-order valence-corrected chi connectivity index (χ2v) is 3.36. The molecule has 0 heterocycles. The lowest BCUT2D eigenvalue weighted by atomic mass is 10.1. The number of benzene rings is 1. The van der Waals surface area contributed by atoms with Gasteiger partial charge in [-0.2, -0.15) is 0 Å². The Bertz CT molecular complexity index is 279. The molecule has 0 amide bonds. The summed E-state index contributed by atoms with van der Waals surface area (Å²) in [6, 6.07) is 5.97. The van der Waals surface area contributed by atoms with Crippen molar-refractivity contribution in [3.05, 3.63) is 29.3 Å². The fourth-order valence-electron chi connectivity index (χ4n) is 1.41. The Labute approximate surface area is 79.2 Å². The molecule has 0 aliphatic carbocycles. The van der Waals surface area contributed by atoms with Gasteiger partial charge >= 0.3 is 0 Å². The van der Waals surface area contributed by atoms with Gasteiger partial charge in [0.2, 0.25) is 0 Å². The van der Waals surface area contributed by atoms with E-state index in [9.17, 15) is 5.11 Å². The summed E-state index contributed by atoms with van der Waals surface area (Å²) in [7, 11) is 1.66. The van der Waals surface area contributed by atoms with E-state index in [1.54, 1.807) is 14.0 Å². The van der Waals surface area contributed by atoms with Crippen molar-refractivity contribution in [1.82, 2.24) is 0 Å². The van der Waals surface area contributed by atoms with Crippen LogP contribution in [0, 0.1) is 6.92 Å². The van der Waals surface area contributed by atoms with Crippen LogP contribution >= 0.6 is 0 Å². The van der Waals surface area contributed by atoms with E-state index in [0.717, 1.165) is 16.9 Å². The molecule has 0 aromatic heterocycles. The highest BCUT2D eigenvalue weighted by Crippen LogP contribution is 2.19. The van der Waals surface area contributed by atoms with Gasteiger partial charge in [-0.05, 0) is 37.5 Å². The van der Waals surface area contributed by atoms with Gasteiger partial charge in [-0.1, -0.05) is 12.1 Å². The third kappa shape index (κ3) is 2.74. The molecule has 72 valence electrons. The molecule has 13 heavy (non-hydrogen) atoms. The van der Waals surface area contributed by atoms with Crippen LogP contribution in [-0.4, -0.2) is 18.3 Å². The lowest BCUT2D eigenvalue weighted by molar-refractivity contribution is 0.195. The summed E-state index contributed by atoms with van der Waals surface area (Å²) in [5.74, 6) is 0.898. The highest BCUT2D eigenvalue weighted by Gasteiger charge is 2.02. The number of methoxy groups -OCH3 is 1. The minimum absolute atomic E-state index is 0.284. The van der Waals surface area contributed by atoms with Crippen LogP contribution in [0.5, 0.6) is 5.75 Å². The molecule has 0 bridgehead atoms. The van der Waals surface area contributed by atoms with Crippen molar-refractivity contribution in [3.8, 4) is 5.75 Å². The van der Waals surface area contributed by atoms with Crippen LogP contribution in [0.2, 0.25) is 0 Å². The number of aliphatic hydroxyl groups is 1. The van der Waals surface area contributed by atoms with E-state index in [2.05, 4.69) is 0 Å². The topological polar surface area (TPSA) is 29.5 Å². The fourth-order valence-corrected chi connectivity index (χ4v) is 1.41. The number of aliphatic hydroxyl groups excluding tert-OH is 1. The second-order valence-electron chi connectivity index (χ2n) is 3.36. The Morgan fingerprint density at radius 1 is 1.46 bits per heavy atom. The summed E-state index contributed by atoms with van der Waals surface area (Å²) in [4.78, 5) is 0. The summed E-state index contributed by atoms with van der Waals surface area (Å²) in [6.45, 7) is 3.80. The molecule has 1 atom stereocenters. The van der Waals surface area contributed by atoms with Crippen molar-refractivity contribution in [2.45, 2.75) is 26.4 Å². The zero-order chi connectivity index (χ0) is 9.84. The maximum absolute atomic E-state index is 9.19. The van der Waals surface area contributed by atoms with Crippen molar-refractivity contribution < 1.29 is 9.84 Å². The quantitative estimate of drug-likeness (QED) is 0.770. The van der Waals surface area contributed by atoms with Gasteiger partial charge in [-0.3, -0.25) is 0 Å². The first-order valence-corrected chi connectivity index (χ1v) is 4.45. The molecule has 0 radical (unpaired) electrons. The smallest absolute Gasteiger partial charge is 0.121 e. The zero-order valence-corrected chi connectivity index (χ0v) is 8.37. The zero-order valence-electron chi connectivity index (χ0n) is 8.37. The monoisotopic (exact) mass is 180 g/mol. The molecule has 0 aliphatic heterocycles. The van der Waals surface area contributed by atoms with Crippen molar-refractivity contribution in [3.63, 3.8) is 0 Å². The molecular formula is C11H16O2. The van der Waals surface area contributed by atoms with E-state index in [1.165, 1.54) is 0 Å². The number of aryl methyl sites for hydroxylation is 1. The lowest BCUT2D eigenvalue weighted by Crippen LogP contribution is -2.04. The van der Waals surface area contributed by atoms with Crippen LogP contribution in [0.4, 0.5) is 0 Å². The largest absolute Gasteiger partial charge is 0.496 e. The van der Waals surface area contributed by atoms with Crippen LogP contribution in [0.3, 0.4) is 0 Å². The van der Waals surface area contributed by atoms with Crippen LogP contribution in [0.25, 0.3) is 0 Å². The van der Waals surface area contributed by atoms with Crippen LogP contribution in [-0.2, 0) is 6.42 Å². The average Bonchev–Trinajstić information content (AvgIpc) is 2.03. The van der Waals surface area contributed by atoms with Gasteiger partial charge in [0.25, 0.3) is 0 Å². The van der Waals surface area contributed by atoms with Crippen molar-refractivity contribution >= 4 is 0 Å². The summed E-state index contributed by atoms with van der Waals surface area (Å²) in [5.41, 5.74) is 2.26. The molecule has 1 N–H and O–H groups in total. The Morgan fingerprint density at radius 2 is 2.15 bits per heavy atom. The summed E-state index contributed by atoms with van der Waals surface area (Å²) >= 11 is 0. The Hall–Kier alpha value is -1.02. The molecule has 1 aromatic carbocycles. The maximum Gasteiger partial charge on any atom is 0.121 e. The minimum atomic E-state index is -0.284. The summed E-state index contributed by atoms with van der Waals surface area (Å²) in [5, 5.41) is 9.19. The average molecular weight is 180 g/mol. The maximum atomic E-state index is 9.19. The first-order valence-electron chi connectivity index (χ1n) is 4.45. The van der Waals surface area contributed by atoms with Gasteiger partial charge in [-0.25, -0.2) is 0 Å². The molecule has 0 unspecified atom stereocenters. The van der Waals surface area contributed by atoms with Crippen LogP contribution < -0.4 is 4.74 Å². The summed E-state index contributed by atoms with van der Waals surface area (Å²) in [6.07, 6.45) is 0.415. The molecule has 0 fully saturated rings. The molecule has 0 aliphatic rings. The molecular weight excluding hydrogens is 164 g/mol. The van der Waals surface area contributed by atoms with Crippen molar-refractivity contribution in [2.75, 3.05) is 7.11 Å². The van der Waals surface area contributed by atoms with Gasteiger partial charge in [-0.15, -0.1) is 0 Å². The van der Waals surface area contributed by atoms with Gasteiger partial charge in [0.05, 0.1) is 13.2 Å². The number of hydrogen-bond acceptors (Lipinski definition) is 2. The predicted molar refractivity (Wildman–Crippen MR) is 53.1 cm³/mol. The normalized spacial score (nSPS) is 12.6. The minimum Gasteiger partial charge on any atom is -0.496 e. The van der Waals surface area contributed by atoms with Gasteiger partial charge in [0.15, 0.2) is 0 Å². The van der Waals surface area contributed by atoms with E-state index >= 15 is 0 Å². The first-order chi connectivity index (χ1) is 6.13. The third-order valence-electron chi connectivity index (χ3n) is 1.99. The number of rotatable bonds is 3. The van der Waals surface area contributed by atoms with Gasteiger partial charge in [0.1, 0.15) is 5.75 Å². The predicted octanol–water partition coefficient (Wildman–Crippen LogP) is 1.93. The van der Waals surface area contributed by atoms with E-state index in [1.807, 2.05) is 25.1 Å². The van der Waals surface area contributed by atoms with E-state index < -0.39 is 0 Å². The summed E-state index contributed by atoms with van der Waals surface area (Å²) < 4.78 is 5.14. The Morgan fingerprint density at radius 3 is 2.62 bits per heavy atom. The van der Waals surface area contributed by atoms with E-state index in [-0.39, 0.29) is 6.10 Å². The van der Waals surface area contributed by atoms with E-state index in [0.29, 0.717) is 6.42 Å². The van der Waals surface area contributed by atoms with E-state index in [4.69, 9.17) is 4.74 Å². The molecule has 1 aromatic rings. The molecule has 0 saturated heterocycles. The van der Waals surface area contributed by atoms with Crippen molar-refractivity contribution in [2.24, 2.45) is 0 Å². The van der Waals surface area contributed by atoms with Crippen molar-refractivity contribution in [1.29, 1.82) is 0 Å². The van der Waals surface area contributed by atoms with Crippen LogP contribution in [0.15, 0.2) is 18.2 Å². The lowest BCUT2D eigenvalue weighted by Gasteiger charge is -2.08. The van der Waals surface area contributed by atoms with Gasteiger partial charge in [0, 0.05) is 0 Å². The number of ether oxygens (including phenoxy) is 1. The molecule has 0 spiro atoms. The second kappa shape index (κ2) is 4.28. The van der Waals surface area contributed by atoms with Crippen LogP contribution in [0.1, 0.15) is 18.1 Å². The highest BCUT2D eigenvalue weighted by atomic mass is 16.5. The molecule has 0 saturated carbocycles. The molecule has 1 rings (SSSR count). The highest BCUT2D eigenvalue weighted by molar-refractivity contribution is 5.36. The molecule has 2 nitrogen and oxygen atoms in total. The standard InChI is InChI=1S/C11H16O2/c1-8-6-10(7-9(2)12)4-5-11(8)13-3/h4-6,9,12H,7H2,1-3H3/t9-/m1/s1. The molecule has 2 heteroatoms. The Balaban J connectivity index is 2.83. The SMILES string of the molecule is COc1ccc(C[C@@H](C)O)cc1C. The number of hydrogen-bond donors (Lipinski definition) is 1. The van der Waals surface area contributed by atoms with Gasteiger partial charge < -0.3 is 9.84 Å². The first kappa shape index (κ1) is 10.1. The fraction of sp³-hybridized carbons (Fsp3) is 0.455. The Kier molecular flexibility index (Phi) is 3.32. The third-order valence-corrected chi connectivity index (χ3v) is 1.99.